The van der Waals surface area contributed by atoms with Crippen molar-refractivity contribution >= 4 is 0 Å². The van der Waals surface area contributed by atoms with Crippen molar-refractivity contribution in [2.24, 2.45) is 5.92 Å². The molecule has 3 heteroatoms. The first kappa shape index (κ1) is 11.3. The zero-order valence-electron chi connectivity index (χ0n) is 8.79. The average Bonchev–Trinajstić information content (AvgIpc) is 2.71. The van der Waals surface area contributed by atoms with E-state index in [9.17, 15) is 0 Å². The summed E-state index contributed by atoms with van der Waals surface area (Å²) in [5, 5.41) is 12.3. The fourth-order valence-electron chi connectivity index (χ4n) is 1.39. The van der Waals surface area contributed by atoms with Crippen molar-refractivity contribution in [3.63, 3.8) is 0 Å². The molecule has 0 fully saturated rings. The lowest BCUT2D eigenvalue weighted by Crippen LogP contribution is -2.26. The highest BCUT2D eigenvalue weighted by Crippen LogP contribution is 1.99. The molecule has 0 aliphatic heterocycles. The van der Waals surface area contributed by atoms with Gasteiger partial charge in [-0.2, -0.15) is 0 Å². The summed E-state index contributed by atoms with van der Waals surface area (Å²) in [5.74, 6) is 0.402. The minimum Gasteiger partial charge on any atom is -0.396 e. The van der Waals surface area contributed by atoms with Gasteiger partial charge in [0.2, 0.25) is 0 Å². The third kappa shape index (κ3) is 3.94. The molecule has 1 rings (SSSR count). The van der Waals surface area contributed by atoms with Gasteiger partial charge in [0.15, 0.2) is 0 Å². The van der Waals surface area contributed by atoms with Crippen LogP contribution in [0.1, 0.15) is 19.0 Å². The SMILES string of the molecule is CCC(CO)CNCCc1ccc[nH]1. The topological polar surface area (TPSA) is 48.0 Å². The van der Waals surface area contributed by atoms with E-state index < -0.39 is 0 Å². The molecule has 3 N–H and O–H groups in total. The molecule has 0 spiro atoms. The molecule has 1 heterocycles. The minimum atomic E-state index is 0.284. The lowest BCUT2D eigenvalue weighted by Gasteiger charge is -2.11. The molecular weight excluding hydrogens is 176 g/mol. The minimum absolute atomic E-state index is 0.284. The summed E-state index contributed by atoms with van der Waals surface area (Å²) in [6.45, 7) is 4.27. The van der Waals surface area contributed by atoms with E-state index in [-0.39, 0.29) is 6.61 Å². The van der Waals surface area contributed by atoms with E-state index in [1.807, 2.05) is 12.3 Å². The van der Waals surface area contributed by atoms with Gasteiger partial charge in [0, 0.05) is 31.6 Å². The van der Waals surface area contributed by atoms with Gasteiger partial charge in [0.25, 0.3) is 0 Å². The molecule has 14 heavy (non-hydrogen) atoms. The van der Waals surface area contributed by atoms with Gasteiger partial charge in [-0.15, -0.1) is 0 Å². The maximum atomic E-state index is 8.96. The number of H-pyrrole nitrogens is 1. The number of aromatic nitrogens is 1. The van der Waals surface area contributed by atoms with Gasteiger partial charge in [-0.3, -0.25) is 0 Å². The highest BCUT2D eigenvalue weighted by molar-refractivity contribution is 5.03. The number of nitrogens with one attached hydrogen (secondary N) is 2. The Morgan fingerprint density at radius 1 is 1.57 bits per heavy atom. The molecule has 0 amide bonds. The second-order valence-electron chi connectivity index (χ2n) is 3.61. The summed E-state index contributed by atoms with van der Waals surface area (Å²) in [5.41, 5.74) is 1.26. The third-order valence-electron chi connectivity index (χ3n) is 2.50. The monoisotopic (exact) mass is 196 g/mol. The zero-order chi connectivity index (χ0) is 10.2. The highest BCUT2D eigenvalue weighted by Gasteiger charge is 2.02. The Kier molecular flexibility index (Phi) is 5.33. The van der Waals surface area contributed by atoms with Crippen LogP contribution < -0.4 is 5.32 Å². The molecule has 0 aliphatic rings. The summed E-state index contributed by atoms with van der Waals surface area (Å²) in [6, 6.07) is 4.10. The van der Waals surface area contributed by atoms with E-state index in [0.29, 0.717) is 5.92 Å². The number of rotatable bonds is 7. The summed E-state index contributed by atoms with van der Waals surface area (Å²) in [4.78, 5) is 3.16. The van der Waals surface area contributed by atoms with Gasteiger partial charge >= 0.3 is 0 Å². The smallest absolute Gasteiger partial charge is 0.0471 e. The molecule has 80 valence electrons. The lowest BCUT2D eigenvalue weighted by molar-refractivity contribution is 0.219. The number of aliphatic hydroxyl groups excluding tert-OH is 1. The van der Waals surface area contributed by atoms with Gasteiger partial charge in [-0.1, -0.05) is 6.92 Å². The van der Waals surface area contributed by atoms with E-state index in [1.165, 1.54) is 5.69 Å². The molecule has 1 aromatic heterocycles. The van der Waals surface area contributed by atoms with Crippen LogP contribution in [-0.4, -0.2) is 29.8 Å². The quantitative estimate of drug-likeness (QED) is 0.573. The van der Waals surface area contributed by atoms with Crippen LogP contribution in [0.5, 0.6) is 0 Å². The first-order chi connectivity index (χ1) is 6.86. The fourth-order valence-corrected chi connectivity index (χ4v) is 1.39. The Labute approximate surface area is 85.5 Å². The standard InChI is InChI=1S/C11H20N2O/c1-2-10(9-14)8-12-7-5-11-4-3-6-13-11/h3-4,6,10,12-14H,2,5,7-9H2,1H3. The van der Waals surface area contributed by atoms with E-state index in [1.54, 1.807) is 0 Å². The summed E-state index contributed by atoms with van der Waals surface area (Å²) in [6.07, 6.45) is 4.00. The van der Waals surface area contributed by atoms with Crippen molar-refractivity contribution in [3.8, 4) is 0 Å². The van der Waals surface area contributed by atoms with Gasteiger partial charge in [-0.25, -0.2) is 0 Å². The van der Waals surface area contributed by atoms with Crippen molar-refractivity contribution in [2.75, 3.05) is 19.7 Å². The predicted octanol–water partition coefficient (Wildman–Crippen LogP) is 1.17. The average molecular weight is 196 g/mol. The summed E-state index contributed by atoms with van der Waals surface area (Å²) < 4.78 is 0. The molecule has 0 aliphatic carbocycles. The van der Waals surface area contributed by atoms with Gasteiger partial charge in [-0.05, 0) is 30.9 Å². The number of aromatic amines is 1. The molecule has 0 radical (unpaired) electrons. The third-order valence-corrected chi connectivity index (χ3v) is 2.50. The van der Waals surface area contributed by atoms with Gasteiger partial charge in [0.1, 0.15) is 0 Å². The molecule has 1 aromatic rings. The van der Waals surface area contributed by atoms with Crippen molar-refractivity contribution < 1.29 is 5.11 Å². The van der Waals surface area contributed by atoms with Crippen LogP contribution in [0, 0.1) is 5.92 Å². The highest BCUT2D eigenvalue weighted by atomic mass is 16.3. The Balaban J connectivity index is 2.04. The molecule has 0 aromatic carbocycles. The number of hydrogen-bond acceptors (Lipinski definition) is 2. The predicted molar refractivity (Wildman–Crippen MR) is 58.2 cm³/mol. The van der Waals surface area contributed by atoms with Gasteiger partial charge < -0.3 is 15.4 Å². The largest absolute Gasteiger partial charge is 0.396 e. The Hall–Kier alpha value is -0.800. The van der Waals surface area contributed by atoms with Crippen LogP contribution in [0.4, 0.5) is 0 Å². The molecule has 0 bridgehead atoms. The van der Waals surface area contributed by atoms with Crippen molar-refractivity contribution in [3.05, 3.63) is 24.0 Å². The molecule has 1 unspecified atom stereocenters. The van der Waals surface area contributed by atoms with E-state index in [0.717, 1.165) is 25.9 Å². The fraction of sp³-hybridized carbons (Fsp3) is 0.636. The van der Waals surface area contributed by atoms with E-state index in [4.69, 9.17) is 5.11 Å². The first-order valence-corrected chi connectivity index (χ1v) is 5.30. The van der Waals surface area contributed by atoms with E-state index in [2.05, 4.69) is 23.3 Å². The second kappa shape index (κ2) is 6.62. The lowest BCUT2D eigenvalue weighted by atomic mass is 10.1. The molecular formula is C11H20N2O. The maximum Gasteiger partial charge on any atom is 0.0471 e. The molecule has 1 atom stereocenters. The van der Waals surface area contributed by atoms with E-state index >= 15 is 0 Å². The van der Waals surface area contributed by atoms with Crippen molar-refractivity contribution in [1.29, 1.82) is 0 Å². The number of hydrogen-bond donors (Lipinski definition) is 3. The second-order valence-corrected chi connectivity index (χ2v) is 3.61. The van der Waals surface area contributed by atoms with Gasteiger partial charge in [0.05, 0.1) is 0 Å². The molecule has 0 saturated heterocycles. The molecule has 0 saturated carbocycles. The van der Waals surface area contributed by atoms with Crippen LogP contribution in [0.25, 0.3) is 0 Å². The Morgan fingerprint density at radius 3 is 3.00 bits per heavy atom. The van der Waals surface area contributed by atoms with Crippen LogP contribution >= 0.6 is 0 Å². The van der Waals surface area contributed by atoms with Crippen molar-refractivity contribution in [2.45, 2.75) is 19.8 Å². The van der Waals surface area contributed by atoms with Crippen LogP contribution in [-0.2, 0) is 6.42 Å². The van der Waals surface area contributed by atoms with Crippen LogP contribution in [0.2, 0.25) is 0 Å². The van der Waals surface area contributed by atoms with Crippen molar-refractivity contribution in [1.82, 2.24) is 10.3 Å². The number of aliphatic hydroxyl groups is 1. The first-order valence-electron chi connectivity index (χ1n) is 5.30. The Bertz CT molecular complexity index is 217. The van der Waals surface area contributed by atoms with Crippen LogP contribution in [0.3, 0.4) is 0 Å². The van der Waals surface area contributed by atoms with Crippen LogP contribution in [0.15, 0.2) is 18.3 Å². The normalized spacial score (nSPS) is 13.0. The maximum absolute atomic E-state index is 8.96. The summed E-state index contributed by atoms with van der Waals surface area (Å²) in [7, 11) is 0. The Morgan fingerprint density at radius 2 is 2.43 bits per heavy atom. The molecule has 3 nitrogen and oxygen atoms in total. The zero-order valence-corrected chi connectivity index (χ0v) is 8.79. The summed E-state index contributed by atoms with van der Waals surface area (Å²) >= 11 is 0.